The monoisotopic (exact) mass is 152 g/mol. The Bertz CT molecular complexity index is 168. The summed E-state index contributed by atoms with van der Waals surface area (Å²) in [4.78, 5) is 0. The normalized spacial score (nSPS) is 11.7. The van der Waals surface area contributed by atoms with E-state index in [1.54, 1.807) is 12.2 Å². The zero-order valence-electron chi connectivity index (χ0n) is 7.06. The molecule has 3 N–H and O–H groups in total. The Morgan fingerprint density at radius 1 is 1.45 bits per heavy atom. The van der Waals surface area contributed by atoms with Gasteiger partial charge in [0.15, 0.2) is 0 Å². The quantitative estimate of drug-likeness (QED) is 0.586. The zero-order chi connectivity index (χ0) is 8.69. The van der Waals surface area contributed by atoms with E-state index < -0.39 is 0 Å². The third-order valence-electron chi connectivity index (χ3n) is 1.30. The number of allylic oxidation sites excluding steroid dienone is 2. The van der Waals surface area contributed by atoms with Gasteiger partial charge < -0.3 is 11.1 Å². The molecule has 0 bridgehead atoms. The standard InChI is InChI=1S/C9H16N2/c1-4-7-11-9(6-3)8(10)5-2/h5-6,11H,2-4,7,10H2,1H3/b9-8-. The number of hydrogen-bond donors (Lipinski definition) is 2. The second-order valence-electron chi connectivity index (χ2n) is 2.20. The zero-order valence-corrected chi connectivity index (χ0v) is 7.06. The molecule has 2 nitrogen and oxygen atoms in total. The second-order valence-corrected chi connectivity index (χ2v) is 2.20. The maximum atomic E-state index is 5.60. The van der Waals surface area contributed by atoms with E-state index in [1.165, 1.54) is 0 Å². The molecular weight excluding hydrogens is 136 g/mol. The summed E-state index contributed by atoms with van der Waals surface area (Å²) in [7, 11) is 0. The van der Waals surface area contributed by atoms with Crippen molar-refractivity contribution in [2.45, 2.75) is 13.3 Å². The van der Waals surface area contributed by atoms with E-state index in [-0.39, 0.29) is 0 Å². The average molecular weight is 152 g/mol. The van der Waals surface area contributed by atoms with Gasteiger partial charge in [-0.15, -0.1) is 0 Å². The van der Waals surface area contributed by atoms with Crippen molar-refractivity contribution in [3.05, 3.63) is 36.7 Å². The van der Waals surface area contributed by atoms with E-state index in [9.17, 15) is 0 Å². The fraction of sp³-hybridized carbons (Fsp3) is 0.333. The highest BCUT2D eigenvalue weighted by molar-refractivity contribution is 5.27. The molecule has 0 heterocycles. The fourth-order valence-electron chi connectivity index (χ4n) is 0.662. The molecule has 0 aromatic rings. The van der Waals surface area contributed by atoms with Crippen molar-refractivity contribution in [2.75, 3.05) is 6.54 Å². The van der Waals surface area contributed by atoms with Gasteiger partial charge in [0.05, 0.1) is 11.4 Å². The molecule has 0 radical (unpaired) electrons. The SMILES string of the molecule is C=C/C(N)=C(\C=C)NCCC. The lowest BCUT2D eigenvalue weighted by atomic mass is 10.3. The fourth-order valence-corrected chi connectivity index (χ4v) is 0.662. The van der Waals surface area contributed by atoms with E-state index in [1.807, 2.05) is 0 Å². The van der Waals surface area contributed by atoms with E-state index in [4.69, 9.17) is 5.73 Å². The first-order valence-electron chi connectivity index (χ1n) is 3.74. The lowest BCUT2D eigenvalue weighted by Crippen LogP contribution is -2.16. The first kappa shape index (κ1) is 9.82. The van der Waals surface area contributed by atoms with Crippen LogP contribution in [0.15, 0.2) is 36.7 Å². The van der Waals surface area contributed by atoms with Crippen LogP contribution in [0.3, 0.4) is 0 Å². The van der Waals surface area contributed by atoms with Gasteiger partial charge >= 0.3 is 0 Å². The molecule has 0 rings (SSSR count). The Labute approximate surface area is 68.5 Å². The molecule has 0 saturated heterocycles. The highest BCUT2D eigenvalue weighted by atomic mass is 14.9. The Morgan fingerprint density at radius 3 is 2.45 bits per heavy atom. The smallest absolute Gasteiger partial charge is 0.0567 e. The summed E-state index contributed by atoms with van der Waals surface area (Å²) in [5.41, 5.74) is 7.11. The van der Waals surface area contributed by atoms with E-state index in [0.29, 0.717) is 5.70 Å². The first-order chi connectivity index (χ1) is 5.26. The molecule has 0 aromatic heterocycles. The van der Waals surface area contributed by atoms with Crippen molar-refractivity contribution in [1.29, 1.82) is 0 Å². The van der Waals surface area contributed by atoms with Gasteiger partial charge in [-0.05, 0) is 18.6 Å². The molecule has 0 aliphatic heterocycles. The Hall–Kier alpha value is -1.18. The van der Waals surface area contributed by atoms with Crippen molar-refractivity contribution < 1.29 is 0 Å². The maximum absolute atomic E-state index is 5.60. The van der Waals surface area contributed by atoms with Gasteiger partial charge in [-0.3, -0.25) is 0 Å². The topological polar surface area (TPSA) is 38.0 Å². The number of nitrogens with one attached hydrogen (secondary N) is 1. The van der Waals surface area contributed by atoms with Crippen molar-refractivity contribution in [2.24, 2.45) is 5.73 Å². The van der Waals surface area contributed by atoms with Crippen LogP contribution >= 0.6 is 0 Å². The predicted octanol–water partition coefficient (Wildman–Crippen LogP) is 1.53. The third-order valence-corrected chi connectivity index (χ3v) is 1.30. The molecule has 0 aromatic carbocycles. The van der Waals surface area contributed by atoms with Crippen molar-refractivity contribution in [3.8, 4) is 0 Å². The molecule has 2 heteroatoms. The van der Waals surface area contributed by atoms with Crippen LogP contribution in [0.25, 0.3) is 0 Å². The number of hydrogen-bond acceptors (Lipinski definition) is 2. The maximum Gasteiger partial charge on any atom is 0.0567 e. The lowest BCUT2D eigenvalue weighted by Gasteiger charge is -2.06. The second kappa shape index (κ2) is 5.59. The average Bonchev–Trinajstić information content (AvgIpc) is 2.05. The van der Waals surface area contributed by atoms with Crippen LogP contribution in [0.2, 0.25) is 0 Å². The van der Waals surface area contributed by atoms with Crippen LogP contribution < -0.4 is 11.1 Å². The summed E-state index contributed by atoms with van der Waals surface area (Å²) in [6, 6.07) is 0. The molecule has 11 heavy (non-hydrogen) atoms. The van der Waals surface area contributed by atoms with Gasteiger partial charge in [0, 0.05) is 6.54 Å². The summed E-state index contributed by atoms with van der Waals surface area (Å²) in [5.74, 6) is 0. The molecule has 0 aliphatic carbocycles. The lowest BCUT2D eigenvalue weighted by molar-refractivity contribution is 0.778. The minimum absolute atomic E-state index is 0.647. The van der Waals surface area contributed by atoms with E-state index in [0.717, 1.165) is 18.7 Å². The van der Waals surface area contributed by atoms with Crippen molar-refractivity contribution in [1.82, 2.24) is 5.32 Å². The largest absolute Gasteiger partial charge is 0.397 e. The Kier molecular flexibility index (Phi) is 4.99. The van der Waals surface area contributed by atoms with Gasteiger partial charge in [-0.25, -0.2) is 0 Å². The molecule has 0 amide bonds. The van der Waals surface area contributed by atoms with Gasteiger partial charge in [0.1, 0.15) is 0 Å². The number of nitrogens with two attached hydrogens (primary N) is 1. The molecular formula is C9H16N2. The third kappa shape index (κ3) is 3.50. The highest BCUT2D eigenvalue weighted by Crippen LogP contribution is 1.96. The minimum Gasteiger partial charge on any atom is -0.397 e. The highest BCUT2D eigenvalue weighted by Gasteiger charge is 1.92. The van der Waals surface area contributed by atoms with Crippen LogP contribution in [0.1, 0.15) is 13.3 Å². The number of rotatable bonds is 5. The molecule has 0 aliphatic rings. The first-order valence-corrected chi connectivity index (χ1v) is 3.74. The molecule has 0 saturated carbocycles. The van der Waals surface area contributed by atoms with Crippen LogP contribution in [0.5, 0.6) is 0 Å². The van der Waals surface area contributed by atoms with Crippen molar-refractivity contribution in [3.63, 3.8) is 0 Å². The van der Waals surface area contributed by atoms with Crippen LogP contribution in [0.4, 0.5) is 0 Å². The van der Waals surface area contributed by atoms with E-state index in [2.05, 4.69) is 25.4 Å². The molecule has 0 atom stereocenters. The Balaban J connectivity index is 4.14. The summed E-state index contributed by atoms with van der Waals surface area (Å²) < 4.78 is 0. The predicted molar refractivity (Wildman–Crippen MR) is 49.9 cm³/mol. The Morgan fingerprint density at radius 2 is 2.09 bits per heavy atom. The van der Waals surface area contributed by atoms with Crippen LogP contribution in [-0.2, 0) is 0 Å². The van der Waals surface area contributed by atoms with E-state index >= 15 is 0 Å². The molecule has 0 spiro atoms. The van der Waals surface area contributed by atoms with Gasteiger partial charge in [-0.2, -0.15) is 0 Å². The van der Waals surface area contributed by atoms with Crippen molar-refractivity contribution >= 4 is 0 Å². The van der Waals surface area contributed by atoms with Gasteiger partial charge in [0.2, 0.25) is 0 Å². The van der Waals surface area contributed by atoms with Gasteiger partial charge in [0.25, 0.3) is 0 Å². The minimum atomic E-state index is 0.647. The van der Waals surface area contributed by atoms with Crippen LogP contribution in [0, 0.1) is 0 Å². The summed E-state index contributed by atoms with van der Waals surface area (Å²) in [6.07, 6.45) is 4.38. The summed E-state index contributed by atoms with van der Waals surface area (Å²) >= 11 is 0. The molecule has 62 valence electrons. The van der Waals surface area contributed by atoms with Gasteiger partial charge in [-0.1, -0.05) is 20.1 Å². The summed E-state index contributed by atoms with van der Waals surface area (Å²) in [6.45, 7) is 10.2. The summed E-state index contributed by atoms with van der Waals surface area (Å²) in [5, 5.41) is 3.14. The van der Waals surface area contributed by atoms with Crippen LogP contribution in [-0.4, -0.2) is 6.54 Å². The molecule has 0 fully saturated rings. The molecule has 0 unspecified atom stereocenters.